The van der Waals surface area contributed by atoms with E-state index in [1.54, 1.807) is 0 Å². The predicted octanol–water partition coefficient (Wildman–Crippen LogP) is 2.40. The Morgan fingerprint density at radius 2 is 1.75 bits per heavy atom. The van der Waals surface area contributed by atoms with Gasteiger partial charge in [0, 0.05) is 13.1 Å². The zero-order valence-corrected chi connectivity index (χ0v) is 12.7. The molecule has 1 aromatic rings. The fourth-order valence-corrected chi connectivity index (χ4v) is 2.59. The van der Waals surface area contributed by atoms with Gasteiger partial charge in [0.05, 0.1) is 6.10 Å². The highest BCUT2D eigenvalue weighted by Gasteiger charge is 2.20. The van der Waals surface area contributed by atoms with Crippen LogP contribution in [0.25, 0.3) is 0 Å². The van der Waals surface area contributed by atoms with E-state index in [0.717, 1.165) is 0 Å². The number of nitrogens with two attached hydrogens (primary N) is 1. The van der Waals surface area contributed by atoms with E-state index in [2.05, 4.69) is 19.9 Å². The highest BCUT2D eigenvalue weighted by molar-refractivity contribution is 5.36. The third-order valence-corrected chi connectivity index (χ3v) is 3.65. The van der Waals surface area contributed by atoms with Gasteiger partial charge in [0.1, 0.15) is 0 Å². The number of rotatable bonds is 4. The van der Waals surface area contributed by atoms with Gasteiger partial charge in [-0.15, -0.1) is 0 Å². The van der Waals surface area contributed by atoms with Gasteiger partial charge in [-0.3, -0.25) is 0 Å². The van der Waals surface area contributed by atoms with Crippen molar-refractivity contribution in [2.75, 3.05) is 17.7 Å². The van der Waals surface area contributed by atoms with Crippen molar-refractivity contribution in [2.24, 2.45) is 0 Å². The molecule has 0 atom stereocenters. The van der Waals surface area contributed by atoms with E-state index in [1.165, 1.54) is 38.5 Å². The van der Waals surface area contributed by atoms with Crippen LogP contribution >= 0.6 is 0 Å². The smallest absolute Gasteiger partial charge is 0.323 e. The van der Waals surface area contributed by atoms with Crippen molar-refractivity contribution in [3.63, 3.8) is 0 Å². The fraction of sp³-hybridized carbons (Fsp3) is 0.786. The topological polar surface area (TPSA) is 77.2 Å². The Balaban J connectivity index is 2.15. The lowest BCUT2D eigenvalue weighted by molar-refractivity contribution is 0.222. The van der Waals surface area contributed by atoms with Crippen molar-refractivity contribution in [3.05, 3.63) is 0 Å². The standard InChI is InChI=1S/C14H25N5O/c1-10(2)20-14-17-12(15)16-13(18-14)19(3)11-8-6-4-5-7-9-11/h10-11H,4-9H2,1-3H3,(H2,15,16,17,18). The summed E-state index contributed by atoms with van der Waals surface area (Å²) in [5.41, 5.74) is 5.76. The van der Waals surface area contributed by atoms with Crippen molar-refractivity contribution in [1.82, 2.24) is 15.0 Å². The molecular formula is C14H25N5O. The van der Waals surface area contributed by atoms with Crippen LogP contribution in [-0.2, 0) is 0 Å². The molecule has 1 fully saturated rings. The number of aromatic nitrogens is 3. The number of hydrogen-bond donors (Lipinski definition) is 1. The third kappa shape index (κ3) is 3.95. The quantitative estimate of drug-likeness (QED) is 0.853. The number of hydrogen-bond acceptors (Lipinski definition) is 6. The summed E-state index contributed by atoms with van der Waals surface area (Å²) >= 11 is 0. The second-order valence-electron chi connectivity index (χ2n) is 5.70. The third-order valence-electron chi connectivity index (χ3n) is 3.65. The first-order chi connectivity index (χ1) is 9.56. The summed E-state index contributed by atoms with van der Waals surface area (Å²) < 4.78 is 5.53. The van der Waals surface area contributed by atoms with E-state index in [0.29, 0.717) is 18.0 Å². The molecule has 2 N–H and O–H groups in total. The van der Waals surface area contributed by atoms with Gasteiger partial charge in [0.25, 0.3) is 0 Å². The number of nitrogen functional groups attached to an aromatic ring is 1. The average molecular weight is 279 g/mol. The fourth-order valence-electron chi connectivity index (χ4n) is 2.59. The van der Waals surface area contributed by atoms with Crippen molar-refractivity contribution < 1.29 is 4.74 Å². The molecule has 0 unspecified atom stereocenters. The van der Waals surface area contributed by atoms with Crippen LogP contribution in [0.2, 0.25) is 0 Å². The first kappa shape index (κ1) is 14.8. The molecule has 6 heteroatoms. The van der Waals surface area contributed by atoms with E-state index in [4.69, 9.17) is 10.5 Å². The Kier molecular flexibility index (Phi) is 4.98. The van der Waals surface area contributed by atoms with Crippen molar-refractivity contribution in [2.45, 2.75) is 64.5 Å². The SMILES string of the molecule is CC(C)Oc1nc(N)nc(N(C)C2CCCCCC2)n1. The van der Waals surface area contributed by atoms with E-state index >= 15 is 0 Å². The largest absolute Gasteiger partial charge is 0.461 e. The van der Waals surface area contributed by atoms with Gasteiger partial charge in [0.2, 0.25) is 11.9 Å². The van der Waals surface area contributed by atoms with Gasteiger partial charge in [-0.05, 0) is 26.7 Å². The van der Waals surface area contributed by atoms with Crippen molar-refractivity contribution in [1.29, 1.82) is 0 Å². The van der Waals surface area contributed by atoms with Crippen LogP contribution in [0.5, 0.6) is 6.01 Å². The van der Waals surface area contributed by atoms with Crippen LogP contribution in [0.3, 0.4) is 0 Å². The Morgan fingerprint density at radius 1 is 1.10 bits per heavy atom. The molecule has 112 valence electrons. The van der Waals surface area contributed by atoms with Crippen LogP contribution < -0.4 is 15.4 Å². The maximum Gasteiger partial charge on any atom is 0.323 e. The second kappa shape index (κ2) is 6.72. The lowest BCUT2D eigenvalue weighted by Gasteiger charge is -2.27. The Bertz CT molecular complexity index is 430. The molecule has 1 aliphatic carbocycles. The summed E-state index contributed by atoms with van der Waals surface area (Å²) in [7, 11) is 2.03. The van der Waals surface area contributed by atoms with E-state index in [1.807, 2.05) is 20.9 Å². The molecule has 1 aromatic heterocycles. The second-order valence-corrected chi connectivity index (χ2v) is 5.70. The Labute approximate surface area is 120 Å². The zero-order valence-electron chi connectivity index (χ0n) is 12.7. The van der Waals surface area contributed by atoms with Gasteiger partial charge >= 0.3 is 6.01 Å². The molecule has 0 spiro atoms. The van der Waals surface area contributed by atoms with E-state index in [-0.39, 0.29) is 12.1 Å². The molecule has 0 aliphatic heterocycles. The molecule has 1 aliphatic rings. The van der Waals surface area contributed by atoms with Crippen LogP contribution in [0, 0.1) is 0 Å². The molecule has 6 nitrogen and oxygen atoms in total. The summed E-state index contributed by atoms with van der Waals surface area (Å²) in [6.07, 6.45) is 7.57. The van der Waals surface area contributed by atoms with Gasteiger partial charge in [-0.2, -0.15) is 15.0 Å². The van der Waals surface area contributed by atoms with Crippen molar-refractivity contribution >= 4 is 11.9 Å². The van der Waals surface area contributed by atoms with Gasteiger partial charge in [0.15, 0.2) is 0 Å². The van der Waals surface area contributed by atoms with Gasteiger partial charge in [-0.25, -0.2) is 0 Å². The Morgan fingerprint density at radius 3 is 2.35 bits per heavy atom. The summed E-state index contributed by atoms with van der Waals surface area (Å²) in [5.74, 6) is 0.825. The number of nitrogens with zero attached hydrogens (tertiary/aromatic N) is 4. The lowest BCUT2D eigenvalue weighted by Crippen LogP contribution is -2.33. The minimum atomic E-state index is 0.0211. The average Bonchev–Trinajstić information content (AvgIpc) is 2.65. The molecule has 20 heavy (non-hydrogen) atoms. The first-order valence-electron chi connectivity index (χ1n) is 7.47. The summed E-state index contributed by atoms with van der Waals surface area (Å²) in [6, 6.07) is 0.786. The lowest BCUT2D eigenvalue weighted by atomic mass is 10.1. The highest BCUT2D eigenvalue weighted by Crippen LogP contribution is 2.24. The molecule has 1 heterocycles. The minimum absolute atomic E-state index is 0.0211. The van der Waals surface area contributed by atoms with E-state index < -0.39 is 0 Å². The van der Waals surface area contributed by atoms with Crippen molar-refractivity contribution in [3.8, 4) is 6.01 Å². The minimum Gasteiger partial charge on any atom is -0.461 e. The number of anilines is 2. The zero-order chi connectivity index (χ0) is 14.5. The van der Waals surface area contributed by atoms with Crippen LogP contribution in [0.4, 0.5) is 11.9 Å². The van der Waals surface area contributed by atoms with Gasteiger partial charge in [-0.1, -0.05) is 25.7 Å². The monoisotopic (exact) mass is 279 g/mol. The summed E-state index contributed by atoms with van der Waals surface area (Å²) in [6.45, 7) is 3.88. The van der Waals surface area contributed by atoms with Crippen LogP contribution in [0.1, 0.15) is 52.4 Å². The molecular weight excluding hydrogens is 254 g/mol. The predicted molar refractivity (Wildman–Crippen MR) is 79.9 cm³/mol. The first-order valence-corrected chi connectivity index (χ1v) is 7.47. The summed E-state index contributed by atoms with van der Waals surface area (Å²) in [4.78, 5) is 14.8. The molecule has 0 radical (unpaired) electrons. The maximum atomic E-state index is 5.76. The molecule has 1 saturated carbocycles. The molecule has 0 amide bonds. The molecule has 0 saturated heterocycles. The molecule has 0 aromatic carbocycles. The normalized spacial score (nSPS) is 17.0. The highest BCUT2D eigenvalue weighted by atomic mass is 16.5. The number of ether oxygens (including phenoxy) is 1. The molecule has 0 bridgehead atoms. The summed E-state index contributed by atoms with van der Waals surface area (Å²) in [5, 5.41) is 0. The van der Waals surface area contributed by atoms with E-state index in [9.17, 15) is 0 Å². The Hall–Kier alpha value is -1.59. The van der Waals surface area contributed by atoms with Gasteiger partial charge < -0.3 is 15.4 Å². The van der Waals surface area contributed by atoms with Crippen LogP contribution in [-0.4, -0.2) is 34.1 Å². The molecule has 2 rings (SSSR count). The maximum absolute atomic E-state index is 5.76. The van der Waals surface area contributed by atoms with Crippen LogP contribution in [0.15, 0.2) is 0 Å².